The van der Waals surface area contributed by atoms with Crippen LogP contribution < -0.4 is 15.2 Å². The molecule has 0 amide bonds. The van der Waals surface area contributed by atoms with Gasteiger partial charge in [0.15, 0.2) is 0 Å². The monoisotopic (exact) mass is 264 g/mol. The summed E-state index contributed by atoms with van der Waals surface area (Å²) in [6.07, 6.45) is 1.22. The quantitative estimate of drug-likeness (QED) is 0.815. The van der Waals surface area contributed by atoms with Gasteiger partial charge in [-0.3, -0.25) is 4.90 Å². The summed E-state index contributed by atoms with van der Waals surface area (Å²) in [5, 5.41) is 0. The number of hydrogen-bond donors (Lipinski definition) is 1. The van der Waals surface area contributed by atoms with Crippen molar-refractivity contribution < 1.29 is 9.47 Å². The molecule has 1 heterocycles. The van der Waals surface area contributed by atoms with E-state index in [1.807, 2.05) is 31.2 Å². The zero-order valence-electron chi connectivity index (χ0n) is 11.7. The molecule has 4 heteroatoms. The highest BCUT2D eigenvalue weighted by Crippen LogP contribution is 2.18. The molecule has 0 spiro atoms. The average molecular weight is 264 g/mol. The summed E-state index contributed by atoms with van der Waals surface area (Å²) in [5.74, 6) is 2.46. The molecule has 4 nitrogen and oxygen atoms in total. The third-order valence-electron chi connectivity index (χ3n) is 3.51. The molecular weight excluding hydrogens is 240 g/mol. The highest BCUT2D eigenvalue weighted by molar-refractivity contribution is 5.31. The van der Waals surface area contributed by atoms with Crippen molar-refractivity contribution >= 4 is 0 Å². The Kier molecular flexibility index (Phi) is 5.48. The van der Waals surface area contributed by atoms with Crippen LogP contribution in [0.1, 0.15) is 13.3 Å². The van der Waals surface area contributed by atoms with Crippen LogP contribution in [0, 0.1) is 5.92 Å². The number of rotatable bonds is 7. The fraction of sp³-hybridized carbons (Fsp3) is 0.600. The van der Waals surface area contributed by atoms with E-state index in [-0.39, 0.29) is 0 Å². The van der Waals surface area contributed by atoms with Crippen molar-refractivity contribution in [3.05, 3.63) is 24.3 Å². The van der Waals surface area contributed by atoms with E-state index in [4.69, 9.17) is 15.2 Å². The maximum absolute atomic E-state index is 5.74. The van der Waals surface area contributed by atoms with Crippen LogP contribution in [-0.4, -0.2) is 44.3 Å². The smallest absolute Gasteiger partial charge is 0.119 e. The van der Waals surface area contributed by atoms with Gasteiger partial charge in [-0.15, -0.1) is 0 Å². The fourth-order valence-electron chi connectivity index (χ4n) is 2.40. The van der Waals surface area contributed by atoms with E-state index < -0.39 is 0 Å². The SMILES string of the molecule is CCOc1ccc(OCCN2CCC(CN)C2)cc1. The summed E-state index contributed by atoms with van der Waals surface area (Å²) in [7, 11) is 0. The van der Waals surface area contributed by atoms with Gasteiger partial charge in [0.25, 0.3) is 0 Å². The summed E-state index contributed by atoms with van der Waals surface area (Å²) in [6, 6.07) is 7.80. The van der Waals surface area contributed by atoms with Gasteiger partial charge in [-0.05, 0) is 56.6 Å². The van der Waals surface area contributed by atoms with Crippen LogP contribution in [0.15, 0.2) is 24.3 Å². The minimum Gasteiger partial charge on any atom is -0.494 e. The minimum atomic E-state index is 0.672. The molecule has 0 bridgehead atoms. The number of hydrogen-bond acceptors (Lipinski definition) is 4. The Morgan fingerprint density at radius 2 is 1.89 bits per heavy atom. The fourth-order valence-corrected chi connectivity index (χ4v) is 2.40. The lowest BCUT2D eigenvalue weighted by Crippen LogP contribution is -2.27. The molecule has 0 saturated carbocycles. The highest BCUT2D eigenvalue weighted by atomic mass is 16.5. The van der Waals surface area contributed by atoms with Gasteiger partial charge in [-0.2, -0.15) is 0 Å². The first-order valence-corrected chi connectivity index (χ1v) is 7.10. The maximum atomic E-state index is 5.74. The molecule has 1 fully saturated rings. The Balaban J connectivity index is 1.68. The molecule has 1 aromatic carbocycles. The van der Waals surface area contributed by atoms with Gasteiger partial charge in [0.05, 0.1) is 6.61 Å². The Bertz CT molecular complexity index is 367. The predicted molar refractivity (Wildman–Crippen MR) is 76.7 cm³/mol. The van der Waals surface area contributed by atoms with Gasteiger partial charge in [0, 0.05) is 13.1 Å². The third kappa shape index (κ3) is 4.40. The average Bonchev–Trinajstić information content (AvgIpc) is 2.89. The van der Waals surface area contributed by atoms with E-state index in [1.54, 1.807) is 0 Å². The number of nitrogens with two attached hydrogens (primary N) is 1. The predicted octanol–water partition coefficient (Wildman–Crippen LogP) is 1.74. The van der Waals surface area contributed by atoms with Crippen LogP contribution in [0.2, 0.25) is 0 Å². The zero-order chi connectivity index (χ0) is 13.5. The Hall–Kier alpha value is -1.26. The van der Waals surface area contributed by atoms with Gasteiger partial charge in [-0.25, -0.2) is 0 Å². The van der Waals surface area contributed by atoms with Crippen molar-refractivity contribution in [3.63, 3.8) is 0 Å². The lowest BCUT2D eigenvalue weighted by atomic mass is 10.1. The Morgan fingerprint density at radius 3 is 2.47 bits per heavy atom. The zero-order valence-corrected chi connectivity index (χ0v) is 11.7. The first kappa shape index (κ1) is 14.2. The van der Waals surface area contributed by atoms with E-state index in [9.17, 15) is 0 Å². The molecule has 1 atom stereocenters. The van der Waals surface area contributed by atoms with E-state index >= 15 is 0 Å². The molecule has 1 aliphatic heterocycles. The normalized spacial score (nSPS) is 19.6. The van der Waals surface area contributed by atoms with Gasteiger partial charge in [0.2, 0.25) is 0 Å². The van der Waals surface area contributed by atoms with Crippen LogP contribution in [0.5, 0.6) is 11.5 Å². The van der Waals surface area contributed by atoms with Crippen molar-refractivity contribution in [1.29, 1.82) is 0 Å². The largest absolute Gasteiger partial charge is 0.494 e. The van der Waals surface area contributed by atoms with Crippen LogP contribution >= 0.6 is 0 Å². The van der Waals surface area contributed by atoms with Crippen LogP contribution in [0.25, 0.3) is 0 Å². The standard InChI is InChI=1S/C15H24N2O2/c1-2-18-14-3-5-15(6-4-14)19-10-9-17-8-7-13(11-16)12-17/h3-6,13H,2,7-12,16H2,1H3. The van der Waals surface area contributed by atoms with Crippen molar-refractivity contribution in [2.24, 2.45) is 11.7 Å². The second kappa shape index (κ2) is 7.36. The van der Waals surface area contributed by atoms with Crippen molar-refractivity contribution in [2.75, 3.05) is 39.4 Å². The topological polar surface area (TPSA) is 47.7 Å². The summed E-state index contributed by atoms with van der Waals surface area (Å²) < 4.78 is 11.1. The minimum absolute atomic E-state index is 0.672. The van der Waals surface area contributed by atoms with E-state index in [2.05, 4.69) is 4.90 Å². The van der Waals surface area contributed by atoms with Crippen molar-refractivity contribution in [2.45, 2.75) is 13.3 Å². The van der Waals surface area contributed by atoms with Gasteiger partial charge >= 0.3 is 0 Å². The maximum Gasteiger partial charge on any atom is 0.119 e. The van der Waals surface area contributed by atoms with Crippen LogP contribution in [-0.2, 0) is 0 Å². The van der Waals surface area contributed by atoms with E-state index in [1.165, 1.54) is 6.42 Å². The number of benzene rings is 1. The number of ether oxygens (including phenoxy) is 2. The molecule has 19 heavy (non-hydrogen) atoms. The first-order chi connectivity index (χ1) is 9.31. The summed E-state index contributed by atoms with van der Waals surface area (Å²) in [6.45, 7) is 7.44. The van der Waals surface area contributed by atoms with Gasteiger partial charge in [0.1, 0.15) is 18.1 Å². The third-order valence-corrected chi connectivity index (χ3v) is 3.51. The summed E-state index contributed by atoms with van der Waals surface area (Å²) >= 11 is 0. The molecule has 2 N–H and O–H groups in total. The second-order valence-corrected chi connectivity index (χ2v) is 4.94. The van der Waals surface area contributed by atoms with E-state index in [0.29, 0.717) is 12.5 Å². The Labute approximate surface area is 115 Å². The summed E-state index contributed by atoms with van der Waals surface area (Å²) in [4.78, 5) is 2.42. The lowest BCUT2D eigenvalue weighted by molar-refractivity contribution is 0.233. The molecule has 1 saturated heterocycles. The van der Waals surface area contributed by atoms with Gasteiger partial charge in [-0.1, -0.05) is 0 Å². The first-order valence-electron chi connectivity index (χ1n) is 7.10. The summed E-state index contributed by atoms with van der Waals surface area (Å²) in [5.41, 5.74) is 5.68. The van der Waals surface area contributed by atoms with Crippen LogP contribution in [0.3, 0.4) is 0 Å². The second-order valence-electron chi connectivity index (χ2n) is 4.94. The molecule has 1 aromatic rings. The number of likely N-dealkylation sites (tertiary alicyclic amines) is 1. The molecule has 106 valence electrons. The van der Waals surface area contributed by atoms with Crippen molar-refractivity contribution in [1.82, 2.24) is 4.90 Å². The highest BCUT2D eigenvalue weighted by Gasteiger charge is 2.20. The molecule has 0 aromatic heterocycles. The molecule has 2 rings (SSSR count). The molecule has 0 radical (unpaired) electrons. The number of nitrogens with zero attached hydrogens (tertiary/aromatic N) is 1. The molecular formula is C15H24N2O2. The van der Waals surface area contributed by atoms with Crippen LogP contribution in [0.4, 0.5) is 0 Å². The van der Waals surface area contributed by atoms with E-state index in [0.717, 1.165) is 44.3 Å². The molecule has 1 unspecified atom stereocenters. The molecule has 1 aliphatic rings. The molecule has 0 aliphatic carbocycles. The Morgan fingerprint density at radius 1 is 1.21 bits per heavy atom. The van der Waals surface area contributed by atoms with Gasteiger partial charge < -0.3 is 15.2 Å². The van der Waals surface area contributed by atoms with Crippen molar-refractivity contribution in [3.8, 4) is 11.5 Å². The lowest BCUT2D eigenvalue weighted by Gasteiger charge is -2.16.